The number of likely N-dealkylation sites (N-methyl/N-ethyl adjacent to an activating group) is 1. The fourth-order valence-corrected chi connectivity index (χ4v) is 5.83. The number of fused-ring (bicyclic) bond motifs is 2. The van der Waals surface area contributed by atoms with E-state index in [4.69, 9.17) is 0 Å². The third-order valence-electron chi connectivity index (χ3n) is 8.06. The summed E-state index contributed by atoms with van der Waals surface area (Å²) in [5.74, 6) is 0.0128. The van der Waals surface area contributed by atoms with Crippen LogP contribution in [0.5, 0.6) is 0 Å². The lowest BCUT2D eigenvalue weighted by Gasteiger charge is -2.38. The van der Waals surface area contributed by atoms with Gasteiger partial charge in [0.25, 0.3) is 5.91 Å². The van der Waals surface area contributed by atoms with E-state index in [9.17, 15) is 14.4 Å². The van der Waals surface area contributed by atoms with Crippen molar-refractivity contribution in [2.24, 2.45) is 11.3 Å². The highest BCUT2D eigenvalue weighted by atomic mass is 16.2. The van der Waals surface area contributed by atoms with Crippen LogP contribution in [0.4, 0.5) is 0 Å². The summed E-state index contributed by atoms with van der Waals surface area (Å²) in [5, 5.41) is 11.2. The molecular weight excluding hydrogens is 452 g/mol. The Morgan fingerprint density at radius 2 is 1.69 bits per heavy atom. The average Bonchev–Trinajstić information content (AvgIpc) is 3.44. The summed E-state index contributed by atoms with van der Waals surface area (Å²) in [6, 6.07) is 10.7. The first kappa shape index (κ1) is 26.1. The highest BCUT2D eigenvalue weighted by molar-refractivity contribution is 6.08. The van der Waals surface area contributed by atoms with Crippen molar-refractivity contribution >= 4 is 28.5 Å². The van der Waals surface area contributed by atoms with Crippen LogP contribution < -0.4 is 16.0 Å². The number of nitrogens with zero attached hydrogens (tertiary/aromatic N) is 1. The topological polar surface area (TPSA) is 90.5 Å². The molecule has 2 aromatic rings. The largest absolute Gasteiger partial charge is 0.347 e. The molecule has 0 spiro atoms. The number of benzene rings is 2. The van der Waals surface area contributed by atoms with Crippen LogP contribution in [0.25, 0.3) is 10.8 Å². The standard InChI is InChI=1S/C29H40N4O3/c1-17-11-13-22(21-10-8-7-9-20(17)21)27(35)31-23-14-12-19-15-16-33(24(19)23)28(36)25(29(3,4)5)32-26(34)18(2)30-6/h7-11,13,18-19,23-25,30H,12,14-16H2,1-6H3,(H,31,35)(H,32,34). The summed E-state index contributed by atoms with van der Waals surface area (Å²) >= 11 is 0. The van der Waals surface area contributed by atoms with Crippen LogP contribution in [0.1, 0.15) is 62.9 Å². The van der Waals surface area contributed by atoms with E-state index >= 15 is 0 Å². The van der Waals surface area contributed by atoms with Crippen LogP contribution in [0, 0.1) is 18.3 Å². The van der Waals surface area contributed by atoms with Crippen molar-refractivity contribution in [1.82, 2.24) is 20.9 Å². The van der Waals surface area contributed by atoms with Gasteiger partial charge in [-0.2, -0.15) is 0 Å². The maximum Gasteiger partial charge on any atom is 0.252 e. The minimum atomic E-state index is -0.641. The van der Waals surface area contributed by atoms with Crippen molar-refractivity contribution in [2.75, 3.05) is 13.6 Å². The van der Waals surface area contributed by atoms with E-state index in [1.165, 1.54) is 0 Å². The number of aryl methyl sites for hydroxylation is 1. The normalized spacial score (nSPS) is 23.3. The fourth-order valence-electron chi connectivity index (χ4n) is 5.83. The van der Waals surface area contributed by atoms with Crippen molar-refractivity contribution in [1.29, 1.82) is 0 Å². The molecule has 2 aliphatic rings. The van der Waals surface area contributed by atoms with Crippen LogP contribution in [0.15, 0.2) is 36.4 Å². The summed E-state index contributed by atoms with van der Waals surface area (Å²) in [6.07, 6.45) is 2.75. The maximum atomic E-state index is 13.9. The van der Waals surface area contributed by atoms with E-state index in [1.54, 1.807) is 14.0 Å². The smallest absolute Gasteiger partial charge is 0.252 e. The van der Waals surface area contributed by atoms with E-state index in [0.29, 0.717) is 18.0 Å². The molecule has 2 fully saturated rings. The number of carbonyl (C=O) groups is 3. The molecule has 3 N–H and O–H groups in total. The second kappa shape index (κ2) is 10.2. The molecule has 2 aromatic carbocycles. The van der Waals surface area contributed by atoms with Gasteiger partial charge in [-0.25, -0.2) is 0 Å². The number of hydrogen-bond donors (Lipinski definition) is 3. The van der Waals surface area contributed by atoms with Gasteiger partial charge in [-0.15, -0.1) is 0 Å². The molecule has 7 nitrogen and oxygen atoms in total. The van der Waals surface area contributed by atoms with Gasteiger partial charge in [0.2, 0.25) is 11.8 Å². The lowest BCUT2D eigenvalue weighted by atomic mass is 9.85. The maximum absolute atomic E-state index is 13.9. The van der Waals surface area contributed by atoms with Crippen LogP contribution >= 0.6 is 0 Å². The molecule has 3 amide bonds. The van der Waals surface area contributed by atoms with Gasteiger partial charge in [0, 0.05) is 18.2 Å². The van der Waals surface area contributed by atoms with E-state index < -0.39 is 17.5 Å². The highest BCUT2D eigenvalue weighted by Gasteiger charge is 2.49. The van der Waals surface area contributed by atoms with Gasteiger partial charge >= 0.3 is 0 Å². The quantitative estimate of drug-likeness (QED) is 0.577. The molecular formula is C29H40N4O3. The molecule has 1 saturated carbocycles. The minimum Gasteiger partial charge on any atom is -0.347 e. The fraction of sp³-hybridized carbons (Fsp3) is 0.552. The number of amides is 3. The zero-order valence-electron chi connectivity index (χ0n) is 22.4. The first-order valence-corrected chi connectivity index (χ1v) is 13.1. The van der Waals surface area contributed by atoms with E-state index in [1.807, 2.05) is 62.1 Å². The summed E-state index contributed by atoms with van der Waals surface area (Å²) in [7, 11) is 1.73. The van der Waals surface area contributed by atoms with Gasteiger partial charge in [-0.3, -0.25) is 14.4 Å². The molecule has 5 unspecified atom stereocenters. The summed E-state index contributed by atoms with van der Waals surface area (Å²) in [4.78, 5) is 41.9. The molecule has 0 radical (unpaired) electrons. The van der Waals surface area contributed by atoms with Gasteiger partial charge in [-0.1, -0.05) is 51.1 Å². The Kier molecular flexibility index (Phi) is 7.41. The van der Waals surface area contributed by atoms with Crippen LogP contribution in [0.3, 0.4) is 0 Å². The number of nitrogens with one attached hydrogen (secondary N) is 3. The van der Waals surface area contributed by atoms with Crippen LogP contribution in [-0.4, -0.2) is 60.4 Å². The molecule has 0 aromatic heterocycles. The molecule has 1 aliphatic heterocycles. The van der Waals surface area contributed by atoms with Crippen molar-refractivity contribution in [3.63, 3.8) is 0 Å². The lowest BCUT2D eigenvalue weighted by Crippen LogP contribution is -2.60. The Morgan fingerprint density at radius 1 is 1.00 bits per heavy atom. The highest BCUT2D eigenvalue weighted by Crippen LogP contribution is 2.39. The Morgan fingerprint density at radius 3 is 2.36 bits per heavy atom. The third kappa shape index (κ3) is 4.99. The van der Waals surface area contributed by atoms with Gasteiger partial charge in [0.1, 0.15) is 6.04 Å². The Bertz CT molecular complexity index is 1150. The predicted molar refractivity (Wildman–Crippen MR) is 143 cm³/mol. The molecule has 4 rings (SSSR count). The molecule has 1 saturated heterocycles. The third-order valence-corrected chi connectivity index (χ3v) is 8.06. The van der Waals surface area contributed by atoms with Crippen LogP contribution in [0.2, 0.25) is 0 Å². The van der Waals surface area contributed by atoms with Crippen molar-refractivity contribution in [3.8, 4) is 0 Å². The zero-order chi connectivity index (χ0) is 26.2. The Hall–Kier alpha value is -2.93. The summed E-state index contributed by atoms with van der Waals surface area (Å²) in [5.41, 5.74) is 1.35. The second-order valence-corrected chi connectivity index (χ2v) is 11.5. The van der Waals surface area contributed by atoms with Gasteiger partial charge in [-0.05, 0) is 73.9 Å². The monoisotopic (exact) mass is 492 g/mol. The van der Waals surface area contributed by atoms with Gasteiger partial charge < -0.3 is 20.9 Å². The van der Waals surface area contributed by atoms with Crippen molar-refractivity contribution in [3.05, 3.63) is 47.5 Å². The second-order valence-electron chi connectivity index (χ2n) is 11.5. The SMILES string of the molecule is CNC(C)C(=O)NC(C(=O)N1CCC2CCC(NC(=O)c3ccc(C)c4ccccc34)C21)C(C)(C)C. The number of likely N-dealkylation sites (tertiary alicyclic amines) is 1. The van der Waals surface area contributed by atoms with Gasteiger partial charge in [0.15, 0.2) is 0 Å². The van der Waals surface area contributed by atoms with Gasteiger partial charge in [0.05, 0.1) is 12.1 Å². The first-order chi connectivity index (χ1) is 17.0. The molecule has 36 heavy (non-hydrogen) atoms. The van der Waals surface area contributed by atoms with Crippen LogP contribution in [-0.2, 0) is 9.59 Å². The average molecular weight is 493 g/mol. The van der Waals surface area contributed by atoms with Crippen molar-refractivity contribution < 1.29 is 14.4 Å². The zero-order valence-corrected chi connectivity index (χ0v) is 22.4. The summed E-state index contributed by atoms with van der Waals surface area (Å²) in [6.45, 7) is 10.4. The summed E-state index contributed by atoms with van der Waals surface area (Å²) < 4.78 is 0. The Labute approximate surface area is 214 Å². The number of carbonyl (C=O) groups excluding carboxylic acids is 3. The molecule has 1 heterocycles. The predicted octanol–water partition coefficient (Wildman–Crippen LogP) is 3.40. The van der Waals surface area contributed by atoms with E-state index in [2.05, 4.69) is 22.9 Å². The molecule has 194 valence electrons. The van der Waals surface area contributed by atoms with E-state index in [0.717, 1.165) is 35.6 Å². The first-order valence-electron chi connectivity index (χ1n) is 13.1. The minimum absolute atomic E-state index is 0.0540. The lowest BCUT2D eigenvalue weighted by molar-refractivity contribution is -0.141. The van der Waals surface area contributed by atoms with Crippen molar-refractivity contribution in [2.45, 2.75) is 78.0 Å². The number of rotatable bonds is 6. The molecule has 5 atom stereocenters. The Balaban J connectivity index is 1.55. The number of hydrogen-bond acceptors (Lipinski definition) is 4. The molecule has 1 aliphatic carbocycles. The molecule has 7 heteroatoms. The molecule has 0 bridgehead atoms. The van der Waals surface area contributed by atoms with E-state index in [-0.39, 0.29) is 29.8 Å².